The molecule has 0 unspecified atom stereocenters. The molecule has 0 aromatic carbocycles. The Labute approximate surface area is 76.0 Å². The maximum absolute atomic E-state index is 8.25. The van der Waals surface area contributed by atoms with E-state index in [1.165, 1.54) is 0 Å². The molecule has 1 aromatic heterocycles. The molecule has 1 rings (SSSR count). The van der Waals surface area contributed by atoms with Crippen molar-refractivity contribution in [2.75, 3.05) is 5.73 Å². The van der Waals surface area contributed by atoms with Crippen LogP contribution in [0.25, 0.3) is 0 Å². The molecule has 12 heavy (non-hydrogen) atoms. The van der Waals surface area contributed by atoms with E-state index in [4.69, 9.17) is 21.1 Å². The average molecular weight is 219 g/mol. The maximum atomic E-state index is 8.25. The van der Waals surface area contributed by atoms with Gasteiger partial charge in [-0.3, -0.25) is 0 Å². The Bertz CT molecular complexity index is 183. The molecule has 0 saturated carbocycles. The molecule has 0 aliphatic rings. The molecule has 3 N–H and O–H groups in total. The number of nitrogens with two attached hydrogens (primary N) is 1. The molecule has 11 heteroatoms. The molecule has 1 aromatic rings. The van der Waals surface area contributed by atoms with Crippen LogP contribution in [0.15, 0.2) is 0 Å². The van der Waals surface area contributed by atoms with Gasteiger partial charge in [-0.2, -0.15) is 5.21 Å². The first-order chi connectivity index (χ1) is 4.63. The summed E-state index contributed by atoms with van der Waals surface area (Å²) in [5, 5.41) is 26.8. The molecular weight excluding hydrogens is 216 g/mol. The molecule has 10 nitrogen and oxygen atoms in total. The summed E-state index contributed by atoms with van der Waals surface area (Å²) in [5.74, 6) is 0.176. The summed E-state index contributed by atoms with van der Waals surface area (Å²) >= 11 is 0. The van der Waals surface area contributed by atoms with E-state index >= 15 is 0 Å². The molecule has 0 aliphatic heterocycles. The summed E-state index contributed by atoms with van der Waals surface area (Å²) in [5.41, 5.74) is 4.96. The number of anilines is 1. The van der Waals surface area contributed by atoms with Crippen LogP contribution in [0, 0.1) is 15.3 Å². The van der Waals surface area contributed by atoms with Crippen molar-refractivity contribution < 1.29 is 27.6 Å². The molecule has 0 aliphatic carbocycles. The molecular formula is CH3FeN6O4. The topological polar surface area (TPSA) is 175 Å². The smallest absolute Gasteiger partial charge is 2.00 e. The molecule has 0 bridgehead atoms. The van der Waals surface area contributed by atoms with Crippen LogP contribution in [0.2, 0.25) is 0 Å². The molecule has 0 atom stereocenters. The molecule has 1 radical (unpaired) electrons. The summed E-state index contributed by atoms with van der Waals surface area (Å²) in [6.45, 7) is 0. The van der Waals surface area contributed by atoms with Crippen LogP contribution in [0.5, 0.6) is 0 Å². The second-order valence-electron chi connectivity index (χ2n) is 0.994. The van der Waals surface area contributed by atoms with E-state index in [1.54, 1.807) is 0 Å². The number of hydrogen-bond donors (Lipinski definition) is 2. The van der Waals surface area contributed by atoms with Crippen molar-refractivity contribution in [3.05, 3.63) is 15.3 Å². The summed E-state index contributed by atoms with van der Waals surface area (Å²) in [7, 11) is 0. The standard InChI is InChI=1S/CH3N5.Fe.NO3.O/c2-1-3-5-6-4-1;;2-1(3)4;/h(H3,2,3,4,5,6);;;/q;+3;-1;-2. The zero-order valence-electron chi connectivity index (χ0n) is 5.35. The minimum Gasteiger partial charge on any atom is -2.00 e. The van der Waals surface area contributed by atoms with E-state index in [1.807, 2.05) is 0 Å². The van der Waals surface area contributed by atoms with Gasteiger partial charge in [-0.1, -0.05) is 5.10 Å². The number of rotatable bonds is 0. The Balaban J connectivity index is -0.000000124. The van der Waals surface area contributed by atoms with E-state index < -0.39 is 5.09 Å². The number of tetrazole rings is 1. The molecule has 0 saturated heterocycles. The number of nitrogen functional groups attached to an aromatic ring is 1. The van der Waals surface area contributed by atoms with Crippen LogP contribution in [0.1, 0.15) is 0 Å². The molecule has 1 heterocycles. The third-order valence-corrected chi connectivity index (χ3v) is 0.362. The van der Waals surface area contributed by atoms with Crippen molar-refractivity contribution >= 4 is 5.95 Å². The number of nitrogens with one attached hydrogen (secondary N) is 1. The van der Waals surface area contributed by atoms with Crippen LogP contribution in [0.3, 0.4) is 0 Å². The second-order valence-corrected chi connectivity index (χ2v) is 0.994. The molecule has 69 valence electrons. The second kappa shape index (κ2) is 9.55. The molecule has 0 amide bonds. The van der Waals surface area contributed by atoms with Crippen molar-refractivity contribution in [2.45, 2.75) is 0 Å². The van der Waals surface area contributed by atoms with Gasteiger partial charge >= 0.3 is 17.1 Å². The van der Waals surface area contributed by atoms with Crippen molar-refractivity contribution in [1.82, 2.24) is 20.6 Å². The summed E-state index contributed by atoms with van der Waals surface area (Å²) in [4.78, 5) is 8.25. The maximum Gasteiger partial charge on any atom is 3.00 e. The van der Waals surface area contributed by atoms with E-state index in [0.29, 0.717) is 0 Å². The van der Waals surface area contributed by atoms with Crippen LogP contribution in [-0.2, 0) is 22.5 Å². The van der Waals surface area contributed by atoms with Crippen molar-refractivity contribution in [3.8, 4) is 0 Å². The molecule has 0 spiro atoms. The Morgan fingerprint density at radius 3 is 2.00 bits per heavy atom. The van der Waals surface area contributed by atoms with E-state index in [-0.39, 0.29) is 28.5 Å². The van der Waals surface area contributed by atoms with Gasteiger partial charge in [0.2, 0.25) is 0 Å². The SMILES string of the molecule is Nc1nn[nH]n1.O=[N+]([O-])[O-].[Fe+3].[O-2]. The third kappa shape index (κ3) is 15.8. The fourth-order valence-electron chi connectivity index (χ4n) is 0.170. The number of aromatic nitrogens is 4. The number of H-pyrrole nitrogens is 1. The molecule has 0 fully saturated rings. The Morgan fingerprint density at radius 1 is 1.50 bits per heavy atom. The predicted molar refractivity (Wildman–Crippen MR) is 29.6 cm³/mol. The average Bonchev–Trinajstić information content (AvgIpc) is 2.15. The normalized spacial score (nSPS) is 6.33. The number of nitrogens with zero attached hydrogens (tertiary/aromatic N) is 4. The first kappa shape index (κ1) is 16.9. The van der Waals surface area contributed by atoms with Gasteiger partial charge in [-0.25, -0.2) is 0 Å². The van der Waals surface area contributed by atoms with Gasteiger partial charge in [0.1, 0.15) is 0 Å². The largest absolute Gasteiger partial charge is 3.00 e. The predicted octanol–water partition coefficient (Wildman–Crippen LogP) is -1.58. The zero-order chi connectivity index (χ0) is 7.98. The van der Waals surface area contributed by atoms with E-state index in [2.05, 4.69) is 20.6 Å². The van der Waals surface area contributed by atoms with Gasteiger partial charge in [0, 0.05) is 0 Å². The fraction of sp³-hybridized carbons (Fsp3) is 0. The minimum atomic E-state index is -1.75. The number of aromatic amines is 1. The Morgan fingerprint density at radius 2 is 1.92 bits per heavy atom. The van der Waals surface area contributed by atoms with E-state index in [0.717, 1.165) is 0 Å². The van der Waals surface area contributed by atoms with Crippen molar-refractivity contribution in [2.24, 2.45) is 0 Å². The quantitative estimate of drug-likeness (QED) is 0.300. The van der Waals surface area contributed by atoms with Gasteiger partial charge in [-0.05, 0) is 5.21 Å². The summed E-state index contributed by atoms with van der Waals surface area (Å²) in [6, 6.07) is 0. The Hall–Kier alpha value is -1.45. The number of hydrogen-bond acceptors (Lipinski definition) is 7. The first-order valence-electron chi connectivity index (χ1n) is 1.93. The van der Waals surface area contributed by atoms with Crippen molar-refractivity contribution in [1.29, 1.82) is 0 Å². The monoisotopic (exact) mass is 219 g/mol. The van der Waals surface area contributed by atoms with Gasteiger partial charge in [0.05, 0.1) is 5.09 Å². The van der Waals surface area contributed by atoms with Crippen LogP contribution >= 0.6 is 0 Å². The van der Waals surface area contributed by atoms with Gasteiger partial charge in [0.15, 0.2) is 0 Å². The van der Waals surface area contributed by atoms with Crippen LogP contribution in [-0.4, -0.2) is 25.7 Å². The minimum absolute atomic E-state index is 0. The third-order valence-electron chi connectivity index (χ3n) is 0.362. The van der Waals surface area contributed by atoms with Crippen LogP contribution < -0.4 is 5.73 Å². The van der Waals surface area contributed by atoms with Gasteiger partial charge in [0.25, 0.3) is 5.95 Å². The fourth-order valence-corrected chi connectivity index (χ4v) is 0.170. The summed E-state index contributed by atoms with van der Waals surface area (Å²) in [6.07, 6.45) is 0. The van der Waals surface area contributed by atoms with Crippen LogP contribution in [0.4, 0.5) is 5.95 Å². The van der Waals surface area contributed by atoms with Gasteiger partial charge < -0.3 is 26.5 Å². The zero-order valence-corrected chi connectivity index (χ0v) is 6.46. The van der Waals surface area contributed by atoms with Crippen molar-refractivity contribution in [3.63, 3.8) is 0 Å². The van der Waals surface area contributed by atoms with E-state index in [9.17, 15) is 0 Å². The Kier molecular flexibility index (Phi) is 13.4. The first-order valence-corrected chi connectivity index (χ1v) is 1.93. The van der Waals surface area contributed by atoms with Gasteiger partial charge in [-0.15, -0.1) is 5.10 Å². The summed E-state index contributed by atoms with van der Waals surface area (Å²) < 4.78 is 0.